The Hall–Kier alpha value is -2.24. The van der Waals surface area contributed by atoms with Crippen LogP contribution in [0.2, 0.25) is 0 Å². The Morgan fingerprint density at radius 3 is 2.63 bits per heavy atom. The van der Waals surface area contributed by atoms with E-state index in [2.05, 4.69) is 5.32 Å². The summed E-state index contributed by atoms with van der Waals surface area (Å²) in [5.41, 5.74) is 0.557. The van der Waals surface area contributed by atoms with E-state index in [-0.39, 0.29) is 17.9 Å². The molecule has 0 saturated carbocycles. The number of carbonyl (C=O) groups is 3. The maximum absolute atomic E-state index is 13.6. The molecule has 2 rings (SSSR count). The van der Waals surface area contributed by atoms with E-state index in [1.807, 2.05) is 0 Å². The average molecular weight is 264 g/mol. The van der Waals surface area contributed by atoms with Crippen molar-refractivity contribution in [1.82, 2.24) is 10.2 Å². The summed E-state index contributed by atoms with van der Waals surface area (Å²) in [6.07, 6.45) is -0.0887. The molecule has 1 aliphatic rings. The minimum absolute atomic E-state index is 0.0887. The molecule has 1 fully saturated rings. The molecule has 6 heteroatoms. The third-order valence-corrected chi connectivity index (χ3v) is 3.06. The molecule has 1 saturated heterocycles. The predicted octanol–water partition coefficient (Wildman–Crippen LogP) is 0.621. The molecule has 3 amide bonds. The maximum Gasteiger partial charge on any atom is 0.254 e. The van der Waals surface area contributed by atoms with Gasteiger partial charge in [0.15, 0.2) is 0 Å². The highest BCUT2D eigenvalue weighted by Gasteiger charge is 2.37. The average Bonchev–Trinajstić information content (AvgIpc) is 2.57. The second kappa shape index (κ2) is 4.79. The number of carbonyl (C=O) groups excluding carboxylic acids is 3. The molecule has 0 bridgehead atoms. The van der Waals surface area contributed by atoms with Crippen molar-refractivity contribution >= 4 is 17.7 Å². The Morgan fingerprint density at radius 2 is 2.11 bits per heavy atom. The number of benzene rings is 1. The fraction of sp³-hybridized carbons (Fsp3) is 0.308. The molecule has 5 nitrogen and oxygen atoms in total. The highest BCUT2D eigenvalue weighted by Crippen LogP contribution is 2.14. The van der Waals surface area contributed by atoms with Gasteiger partial charge in [0.25, 0.3) is 11.8 Å². The summed E-state index contributed by atoms with van der Waals surface area (Å²) < 4.78 is 13.6. The number of hydrogen-bond acceptors (Lipinski definition) is 3. The maximum atomic E-state index is 13.6. The normalized spacial score (nSPS) is 18.9. The van der Waals surface area contributed by atoms with Gasteiger partial charge in [-0.25, -0.2) is 4.39 Å². The first kappa shape index (κ1) is 13.2. The van der Waals surface area contributed by atoms with Crippen LogP contribution < -0.4 is 5.32 Å². The van der Waals surface area contributed by atoms with Gasteiger partial charge < -0.3 is 5.32 Å². The number of halogens is 1. The Bertz CT molecular complexity index is 571. The van der Waals surface area contributed by atoms with Crippen molar-refractivity contribution < 1.29 is 18.8 Å². The van der Waals surface area contributed by atoms with Gasteiger partial charge in [-0.3, -0.25) is 19.3 Å². The van der Waals surface area contributed by atoms with E-state index >= 15 is 0 Å². The molecule has 1 unspecified atom stereocenters. The van der Waals surface area contributed by atoms with Crippen molar-refractivity contribution in [2.75, 3.05) is 7.05 Å². The molecule has 1 aliphatic heterocycles. The summed E-state index contributed by atoms with van der Waals surface area (Å²) in [5, 5.41) is 2.38. The Kier molecular flexibility index (Phi) is 3.33. The van der Waals surface area contributed by atoms with Crippen LogP contribution in [0.4, 0.5) is 4.39 Å². The number of amides is 3. The van der Waals surface area contributed by atoms with Gasteiger partial charge in [-0.05, 0) is 24.6 Å². The molecule has 1 heterocycles. The van der Waals surface area contributed by atoms with E-state index in [0.29, 0.717) is 5.56 Å². The fourth-order valence-electron chi connectivity index (χ4n) is 1.91. The molecular weight excluding hydrogens is 251 g/mol. The third-order valence-electron chi connectivity index (χ3n) is 3.06. The molecule has 0 aliphatic carbocycles. The van der Waals surface area contributed by atoms with Crippen LogP contribution in [0.15, 0.2) is 18.2 Å². The first-order chi connectivity index (χ1) is 8.90. The number of imide groups is 1. The van der Waals surface area contributed by atoms with Crippen molar-refractivity contribution in [3.8, 4) is 0 Å². The van der Waals surface area contributed by atoms with Crippen molar-refractivity contribution in [2.45, 2.75) is 19.4 Å². The highest BCUT2D eigenvalue weighted by molar-refractivity contribution is 6.08. The minimum Gasteiger partial charge on any atom is -0.340 e. The first-order valence-electron chi connectivity index (χ1n) is 5.77. The van der Waals surface area contributed by atoms with Crippen molar-refractivity contribution in [3.63, 3.8) is 0 Å². The van der Waals surface area contributed by atoms with Crippen molar-refractivity contribution in [1.29, 1.82) is 0 Å². The van der Waals surface area contributed by atoms with Crippen molar-refractivity contribution in [2.24, 2.45) is 0 Å². The monoisotopic (exact) mass is 264 g/mol. The topological polar surface area (TPSA) is 66.5 Å². The summed E-state index contributed by atoms with van der Waals surface area (Å²) in [4.78, 5) is 35.7. The summed E-state index contributed by atoms with van der Waals surface area (Å²) in [5.74, 6) is -2.19. The Morgan fingerprint density at radius 1 is 1.42 bits per heavy atom. The first-order valence-corrected chi connectivity index (χ1v) is 5.77. The lowest BCUT2D eigenvalue weighted by Gasteiger charge is -2.11. The molecule has 100 valence electrons. The second-order valence-electron chi connectivity index (χ2n) is 4.50. The highest BCUT2D eigenvalue weighted by atomic mass is 19.1. The van der Waals surface area contributed by atoms with Gasteiger partial charge in [-0.1, -0.05) is 6.07 Å². The lowest BCUT2D eigenvalue weighted by Crippen LogP contribution is -2.40. The molecule has 1 aromatic carbocycles. The van der Waals surface area contributed by atoms with Crippen LogP contribution in [0.1, 0.15) is 22.3 Å². The SMILES string of the molecule is Cc1ccc(C(=O)NC2CC(=O)N(C)C2=O)c(F)c1. The standard InChI is InChI=1S/C13H13FN2O3/c1-7-3-4-8(9(14)5-7)12(18)15-10-6-11(17)16(2)13(10)19/h3-5,10H,6H2,1-2H3,(H,15,18). The van der Waals surface area contributed by atoms with Crippen molar-refractivity contribution in [3.05, 3.63) is 35.1 Å². The van der Waals surface area contributed by atoms with Gasteiger partial charge in [0, 0.05) is 7.05 Å². The van der Waals surface area contributed by atoms with E-state index in [9.17, 15) is 18.8 Å². The Labute approximate surface area is 109 Å². The summed E-state index contributed by atoms with van der Waals surface area (Å²) >= 11 is 0. The van der Waals surface area contributed by atoms with Crippen LogP contribution in [0.25, 0.3) is 0 Å². The number of nitrogens with one attached hydrogen (secondary N) is 1. The van der Waals surface area contributed by atoms with Gasteiger partial charge >= 0.3 is 0 Å². The Balaban J connectivity index is 2.14. The molecule has 1 aromatic rings. The summed E-state index contributed by atoms with van der Waals surface area (Å²) in [7, 11) is 1.35. The van der Waals surface area contributed by atoms with Crippen LogP contribution in [0, 0.1) is 12.7 Å². The molecule has 1 atom stereocenters. The van der Waals surface area contributed by atoms with Gasteiger partial charge in [0.2, 0.25) is 5.91 Å². The quantitative estimate of drug-likeness (QED) is 0.796. The van der Waals surface area contributed by atoms with Crippen LogP contribution in [-0.4, -0.2) is 35.7 Å². The van der Waals surface area contributed by atoms with Crippen LogP contribution in [0.5, 0.6) is 0 Å². The van der Waals surface area contributed by atoms with Crippen LogP contribution in [0.3, 0.4) is 0 Å². The molecule has 0 aromatic heterocycles. The van der Waals surface area contributed by atoms with E-state index < -0.39 is 23.7 Å². The predicted molar refractivity (Wildman–Crippen MR) is 64.8 cm³/mol. The zero-order valence-corrected chi connectivity index (χ0v) is 10.6. The van der Waals surface area contributed by atoms with E-state index in [4.69, 9.17) is 0 Å². The number of rotatable bonds is 2. The lowest BCUT2D eigenvalue weighted by atomic mass is 10.1. The molecule has 19 heavy (non-hydrogen) atoms. The number of hydrogen-bond donors (Lipinski definition) is 1. The van der Waals surface area contributed by atoms with E-state index in [1.165, 1.54) is 19.2 Å². The largest absolute Gasteiger partial charge is 0.340 e. The third kappa shape index (κ3) is 2.47. The van der Waals surface area contributed by atoms with Gasteiger partial charge in [0.05, 0.1) is 12.0 Å². The lowest BCUT2D eigenvalue weighted by molar-refractivity contribution is -0.137. The number of aryl methyl sites for hydroxylation is 1. The zero-order chi connectivity index (χ0) is 14.2. The van der Waals surface area contributed by atoms with E-state index in [1.54, 1.807) is 13.0 Å². The summed E-state index contributed by atoms with van der Waals surface area (Å²) in [6, 6.07) is 3.28. The van der Waals surface area contributed by atoms with Gasteiger partial charge in [0.1, 0.15) is 11.9 Å². The molecular formula is C13H13FN2O3. The fourth-order valence-corrected chi connectivity index (χ4v) is 1.91. The second-order valence-corrected chi connectivity index (χ2v) is 4.50. The van der Waals surface area contributed by atoms with Crippen LogP contribution in [-0.2, 0) is 9.59 Å². The van der Waals surface area contributed by atoms with Gasteiger partial charge in [-0.2, -0.15) is 0 Å². The molecule has 1 N–H and O–H groups in total. The molecule has 0 spiro atoms. The van der Waals surface area contributed by atoms with Gasteiger partial charge in [-0.15, -0.1) is 0 Å². The van der Waals surface area contributed by atoms with E-state index in [0.717, 1.165) is 4.90 Å². The number of likely N-dealkylation sites (tertiary alicyclic amines) is 1. The summed E-state index contributed by atoms with van der Waals surface area (Å²) in [6.45, 7) is 1.71. The number of nitrogens with zero attached hydrogens (tertiary/aromatic N) is 1. The van der Waals surface area contributed by atoms with Crippen LogP contribution >= 0.6 is 0 Å². The number of likely N-dealkylation sites (N-methyl/N-ethyl adjacent to an activating group) is 1. The zero-order valence-electron chi connectivity index (χ0n) is 10.6. The molecule has 0 radical (unpaired) electrons. The minimum atomic E-state index is -0.911. The smallest absolute Gasteiger partial charge is 0.254 e.